The molecule has 0 heterocycles. The summed E-state index contributed by atoms with van der Waals surface area (Å²) in [6.45, 7) is 2.23. The van der Waals surface area contributed by atoms with Crippen molar-refractivity contribution in [2.45, 2.75) is 26.3 Å². The summed E-state index contributed by atoms with van der Waals surface area (Å²) in [6, 6.07) is 11.9. The number of carbonyl (C=O) groups excluding carboxylic acids is 2. The van der Waals surface area contributed by atoms with E-state index in [1.54, 1.807) is 25.2 Å². The Morgan fingerprint density at radius 3 is 2.36 bits per heavy atom. The number of nitrogens with zero attached hydrogens (tertiary/aromatic N) is 1. The number of rotatable bonds is 7. The third-order valence-corrected chi connectivity index (χ3v) is 4.00. The predicted octanol–water partition coefficient (Wildman–Crippen LogP) is 3.76. The molecule has 0 N–H and O–H groups in total. The zero-order chi connectivity index (χ0) is 18.4. The maximum absolute atomic E-state index is 13.7. The van der Waals surface area contributed by atoms with Crippen molar-refractivity contribution in [2.24, 2.45) is 0 Å². The van der Waals surface area contributed by atoms with Gasteiger partial charge in [-0.1, -0.05) is 35.9 Å². The third-order valence-electron chi connectivity index (χ3n) is 4.00. The molecule has 0 fully saturated rings. The van der Waals surface area contributed by atoms with E-state index in [9.17, 15) is 14.0 Å². The molecule has 0 bridgehead atoms. The van der Waals surface area contributed by atoms with Crippen LogP contribution in [0.1, 0.15) is 34.3 Å². The number of hydrogen-bond donors (Lipinski definition) is 0. The summed E-state index contributed by atoms with van der Waals surface area (Å²) in [5.41, 5.74) is 2.36. The fourth-order valence-corrected chi connectivity index (χ4v) is 2.47. The number of benzene rings is 2. The summed E-state index contributed by atoms with van der Waals surface area (Å²) in [7, 11) is 3.04. The Labute approximate surface area is 147 Å². The molecule has 0 aliphatic rings. The lowest BCUT2D eigenvalue weighted by Crippen LogP contribution is -2.26. The first-order valence-electron chi connectivity index (χ1n) is 8.07. The molecule has 0 unspecified atom stereocenters. The molecule has 0 radical (unpaired) electrons. The highest BCUT2D eigenvalue weighted by molar-refractivity contribution is 5.97. The molecule has 1 amide bonds. The molecule has 132 valence electrons. The van der Waals surface area contributed by atoms with Gasteiger partial charge in [0.05, 0.1) is 7.11 Å². The van der Waals surface area contributed by atoms with Crippen molar-refractivity contribution in [1.29, 1.82) is 0 Å². The highest BCUT2D eigenvalue weighted by atomic mass is 19.1. The second-order valence-electron chi connectivity index (χ2n) is 6.01. The molecule has 0 aliphatic heterocycles. The van der Waals surface area contributed by atoms with Crippen molar-refractivity contribution in [3.8, 4) is 5.75 Å². The van der Waals surface area contributed by atoms with E-state index in [2.05, 4.69) is 0 Å². The lowest BCUT2D eigenvalue weighted by Gasteiger charge is -2.17. The van der Waals surface area contributed by atoms with Crippen LogP contribution in [0.4, 0.5) is 4.39 Å². The van der Waals surface area contributed by atoms with Gasteiger partial charge in [-0.15, -0.1) is 0 Å². The van der Waals surface area contributed by atoms with E-state index in [1.165, 1.54) is 24.1 Å². The number of methoxy groups -OCH3 is 1. The van der Waals surface area contributed by atoms with Crippen LogP contribution >= 0.6 is 0 Å². The van der Waals surface area contributed by atoms with Crippen LogP contribution in [0.5, 0.6) is 5.75 Å². The standard InChI is InChI=1S/C20H22FNO3/c1-14-4-7-16(8-5-14)18(23)9-11-20(24)22(2)13-15-6-10-19(25-3)17(21)12-15/h4-8,10,12H,9,11,13H2,1-3H3. The molecular formula is C20H22FNO3. The molecule has 2 aromatic rings. The largest absolute Gasteiger partial charge is 0.494 e. The number of halogens is 1. The van der Waals surface area contributed by atoms with Crippen molar-refractivity contribution in [2.75, 3.05) is 14.2 Å². The Morgan fingerprint density at radius 1 is 1.08 bits per heavy atom. The topological polar surface area (TPSA) is 46.6 Å². The van der Waals surface area contributed by atoms with E-state index in [-0.39, 0.29) is 36.8 Å². The molecule has 0 saturated carbocycles. The fourth-order valence-electron chi connectivity index (χ4n) is 2.47. The Morgan fingerprint density at radius 2 is 1.76 bits per heavy atom. The van der Waals surface area contributed by atoms with Gasteiger partial charge in [0.25, 0.3) is 0 Å². The molecular weight excluding hydrogens is 321 g/mol. The average molecular weight is 343 g/mol. The zero-order valence-corrected chi connectivity index (χ0v) is 14.7. The van der Waals surface area contributed by atoms with E-state index in [4.69, 9.17) is 4.74 Å². The summed E-state index contributed by atoms with van der Waals surface area (Å²) in [4.78, 5) is 25.8. The quantitative estimate of drug-likeness (QED) is 0.719. The smallest absolute Gasteiger partial charge is 0.223 e. The highest BCUT2D eigenvalue weighted by Crippen LogP contribution is 2.18. The summed E-state index contributed by atoms with van der Waals surface area (Å²) >= 11 is 0. The summed E-state index contributed by atoms with van der Waals surface area (Å²) in [6.07, 6.45) is 0.283. The van der Waals surface area contributed by atoms with Gasteiger partial charge in [-0.25, -0.2) is 4.39 Å². The van der Waals surface area contributed by atoms with Crippen LogP contribution in [0.2, 0.25) is 0 Å². The molecule has 0 aliphatic carbocycles. The van der Waals surface area contributed by atoms with Crippen molar-refractivity contribution in [1.82, 2.24) is 4.90 Å². The van der Waals surface area contributed by atoms with Crippen LogP contribution in [0.25, 0.3) is 0 Å². The summed E-state index contributed by atoms with van der Waals surface area (Å²) < 4.78 is 18.6. The first kappa shape index (κ1) is 18.6. The van der Waals surface area contributed by atoms with Crippen LogP contribution < -0.4 is 4.74 Å². The normalized spacial score (nSPS) is 10.4. The van der Waals surface area contributed by atoms with Crippen molar-refractivity contribution >= 4 is 11.7 Å². The Kier molecular flexibility index (Phi) is 6.28. The first-order chi connectivity index (χ1) is 11.9. The first-order valence-corrected chi connectivity index (χ1v) is 8.07. The van der Waals surface area contributed by atoms with E-state index in [1.807, 2.05) is 19.1 Å². The number of amides is 1. The summed E-state index contributed by atoms with van der Waals surface area (Å²) in [5, 5.41) is 0. The number of Topliss-reactive ketones (excluding diaryl/α,β-unsaturated/α-hetero) is 1. The van der Waals surface area contributed by atoms with Gasteiger partial charge in [0.1, 0.15) is 0 Å². The molecule has 2 rings (SSSR count). The minimum absolute atomic E-state index is 0.0581. The van der Waals surface area contributed by atoms with Crippen LogP contribution in [-0.4, -0.2) is 30.7 Å². The predicted molar refractivity (Wildman–Crippen MR) is 94.2 cm³/mol. The highest BCUT2D eigenvalue weighted by Gasteiger charge is 2.14. The van der Waals surface area contributed by atoms with E-state index in [0.29, 0.717) is 11.1 Å². The second-order valence-corrected chi connectivity index (χ2v) is 6.01. The van der Waals surface area contributed by atoms with Crippen LogP contribution in [0.3, 0.4) is 0 Å². The monoisotopic (exact) mass is 343 g/mol. The number of ketones is 1. The maximum atomic E-state index is 13.7. The van der Waals surface area contributed by atoms with E-state index >= 15 is 0 Å². The molecule has 4 nitrogen and oxygen atoms in total. The lowest BCUT2D eigenvalue weighted by atomic mass is 10.0. The molecule has 5 heteroatoms. The molecule has 0 atom stereocenters. The molecule has 2 aromatic carbocycles. The number of ether oxygens (including phenoxy) is 1. The second kappa shape index (κ2) is 8.42. The number of carbonyl (C=O) groups is 2. The van der Waals surface area contributed by atoms with Gasteiger partial charge in [0.15, 0.2) is 17.3 Å². The van der Waals surface area contributed by atoms with Crippen LogP contribution in [0.15, 0.2) is 42.5 Å². The van der Waals surface area contributed by atoms with Crippen LogP contribution in [-0.2, 0) is 11.3 Å². The average Bonchev–Trinajstić information content (AvgIpc) is 2.60. The van der Waals surface area contributed by atoms with Crippen molar-refractivity contribution in [3.63, 3.8) is 0 Å². The van der Waals surface area contributed by atoms with Gasteiger partial charge in [-0.2, -0.15) is 0 Å². The van der Waals surface area contributed by atoms with Crippen LogP contribution in [0, 0.1) is 12.7 Å². The molecule has 0 saturated heterocycles. The SMILES string of the molecule is COc1ccc(CN(C)C(=O)CCC(=O)c2ccc(C)cc2)cc1F. The number of aryl methyl sites for hydroxylation is 1. The van der Waals surface area contributed by atoms with Crippen molar-refractivity contribution in [3.05, 3.63) is 65.0 Å². The van der Waals surface area contributed by atoms with Crippen molar-refractivity contribution < 1.29 is 18.7 Å². The number of hydrogen-bond acceptors (Lipinski definition) is 3. The summed E-state index contributed by atoms with van der Waals surface area (Å²) in [5.74, 6) is -0.509. The maximum Gasteiger partial charge on any atom is 0.223 e. The molecule has 25 heavy (non-hydrogen) atoms. The van der Waals surface area contributed by atoms with Gasteiger partial charge in [-0.05, 0) is 24.6 Å². The third kappa shape index (κ3) is 5.14. The Balaban J connectivity index is 1.88. The zero-order valence-electron chi connectivity index (χ0n) is 14.7. The van der Waals surface area contributed by atoms with E-state index < -0.39 is 5.82 Å². The van der Waals surface area contributed by atoms with Gasteiger partial charge < -0.3 is 9.64 Å². The van der Waals surface area contributed by atoms with Gasteiger partial charge in [-0.3, -0.25) is 9.59 Å². The van der Waals surface area contributed by atoms with Gasteiger partial charge >= 0.3 is 0 Å². The molecule has 0 aromatic heterocycles. The Hall–Kier alpha value is -2.69. The molecule has 0 spiro atoms. The van der Waals surface area contributed by atoms with E-state index in [0.717, 1.165) is 5.56 Å². The minimum Gasteiger partial charge on any atom is -0.494 e. The van der Waals surface area contributed by atoms with Gasteiger partial charge in [0, 0.05) is 32.0 Å². The lowest BCUT2D eigenvalue weighted by molar-refractivity contribution is -0.130. The fraction of sp³-hybridized carbons (Fsp3) is 0.300. The van der Waals surface area contributed by atoms with Gasteiger partial charge in [0.2, 0.25) is 5.91 Å². The Bertz CT molecular complexity index is 756. The minimum atomic E-state index is -0.463.